The zero-order chi connectivity index (χ0) is 11.8. The summed E-state index contributed by atoms with van der Waals surface area (Å²) in [6.45, 7) is 14.2. The number of phosphoric acid groups is 1. The summed E-state index contributed by atoms with van der Waals surface area (Å²) in [4.78, 5) is 21.6. The van der Waals surface area contributed by atoms with Crippen molar-refractivity contribution in [3.8, 4) is 0 Å². The van der Waals surface area contributed by atoms with Gasteiger partial charge in [-0.25, -0.2) is 4.57 Å². The van der Waals surface area contributed by atoms with Crippen LogP contribution in [0, 0.1) is 0 Å². The Balaban J connectivity index is -0.0000000904. The van der Waals surface area contributed by atoms with Crippen molar-refractivity contribution in [2.45, 2.75) is 27.7 Å². The van der Waals surface area contributed by atoms with Gasteiger partial charge in [0.25, 0.3) is 0 Å². The largest absolute Gasteiger partial charge is 1.00 e. The second-order valence-corrected chi connectivity index (χ2v) is 4.15. The maximum Gasteiger partial charge on any atom is 1.00 e. The second-order valence-electron chi connectivity index (χ2n) is 3.12. The van der Waals surface area contributed by atoms with Crippen LogP contribution in [-0.2, 0) is 4.57 Å². The second kappa shape index (κ2) is 9.86. The van der Waals surface area contributed by atoms with Crippen molar-refractivity contribution in [2.75, 3.05) is 26.2 Å². The molecule has 0 aromatic heterocycles. The molecular weight excluding hydrogens is 212 g/mol. The molecule has 0 radical (unpaired) electrons. The van der Waals surface area contributed by atoms with Crippen LogP contribution in [0.3, 0.4) is 0 Å². The fraction of sp³-hybridized carbons (Fsp3) is 1.00. The number of nitrogens with zero attached hydrogens (tertiary/aromatic N) is 1. The van der Waals surface area contributed by atoms with Gasteiger partial charge in [0.15, 0.2) is 0 Å². The van der Waals surface area contributed by atoms with Gasteiger partial charge in [-0.05, 0) is 27.7 Å². The Hall–Kier alpha value is 0.667. The van der Waals surface area contributed by atoms with Crippen molar-refractivity contribution in [3.63, 3.8) is 0 Å². The molecule has 0 amide bonds. The molecule has 0 aromatic carbocycles. The molecule has 0 aliphatic rings. The average Bonchev–Trinajstić information content (AvgIpc) is 2.07. The molecule has 0 aromatic rings. The Morgan fingerprint density at radius 3 is 1.07 bits per heavy atom. The monoisotopic (exact) mass is 236 g/mol. The first kappa shape index (κ1) is 21.0. The van der Waals surface area contributed by atoms with Gasteiger partial charge in [-0.2, -0.15) is 0 Å². The van der Waals surface area contributed by atoms with Gasteiger partial charge in [-0.1, -0.05) is 0 Å². The predicted octanol–water partition coefficient (Wildman–Crippen LogP) is -1.93. The summed E-state index contributed by atoms with van der Waals surface area (Å²) in [5.74, 6) is 0. The quantitative estimate of drug-likeness (QED) is 0.302. The van der Waals surface area contributed by atoms with Crippen LogP contribution in [-0.4, -0.2) is 45.3 Å². The maximum atomic E-state index is 8.88. The summed E-state index contributed by atoms with van der Waals surface area (Å²) in [5.41, 5.74) is 0. The Labute approximate surface area is 106 Å². The fourth-order valence-electron chi connectivity index (χ4n) is 1.34. The molecule has 0 aliphatic heterocycles. The van der Waals surface area contributed by atoms with E-state index in [0.717, 1.165) is 0 Å². The van der Waals surface area contributed by atoms with Crippen molar-refractivity contribution in [1.29, 1.82) is 0 Å². The summed E-state index contributed by atoms with van der Waals surface area (Å²) in [6.07, 6.45) is 0. The Morgan fingerprint density at radius 2 is 1.07 bits per heavy atom. The molecule has 0 aliphatic carbocycles. The van der Waals surface area contributed by atoms with Crippen molar-refractivity contribution in [1.82, 2.24) is 0 Å². The topological polar surface area (TPSA) is 77.8 Å². The molecule has 7 heteroatoms. The van der Waals surface area contributed by atoms with Gasteiger partial charge < -0.3 is 20.6 Å². The Morgan fingerprint density at radius 1 is 0.933 bits per heavy atom. The molecule has 0 atom stereocenters. The number of hydrogen-bond donors (Lipinski definition) is 3. The summed E-state index contributed by atoms with van der Waals surface area (Å²) in [5, 5.41) is 0. The van der Waals surface area contributed by atoms with Crippen LogP contribution in [0.1, 0.15) is 29.1 Å². The number of hydrogen-bond acceptors (Lipinski definition) is 1. The van der Waals surface area contributed by atoms with E-state index in [9.17, 15) is 0 Å². The first-order chi connectivity index (χ1) is 6.24. The molecule has 0 saturated heterocycles. The molecule has 0 saturated carbocycles. The first-order valence-corrected chi connectivity index (χ1v) is 6.44. The van der Waals surface area contributed by atoms with Crippen LogP contribution in [0.4, 0.5) is 0 Å². The van der Waals surface area contributed by atoms with E-state index in [2.05, 4.69) is 27.7 Å². The van der Waals surface area contributed by atoms with Crippen molar-refractivity contribution < 1.29 is 44.0 Å². The van der Waals surface area contributed by atoms with Gasteiger partial charge in [-0.15, -0.1) is 0 Å². The van der Waals surface area contributed by atoms with Crippen LogP contribution in [0.15, 0.2) is 0 Å². The van der Waals surface area contributed by atoms with Gasteiger partial charge in [0.2, 0.25) is 0 Å². The summed E-state index contributed by atoms with van der Waals surface area (Å²) in [7, 11) is -4.64. The van der Waals surface area contributed by atoms with E-state index in [1.165, 1.54) is 30.7 Å². The summed E-state index contributed by atoms with van der Waals surface area (Å²) < 4.78 is 10.2. The van der Waals surface area contributed by atoms with E-state index in [-0.39, 0.29) is 20.3 Å². The third-order valence-corrected chi connectivity index (χ3v) is 2.68. The average molecular weight is 236 g/mol. The van der Waals surface area contributed by atoms with Gasteiger partial charge in [-0.3, -0.25) is 0 Å². The molecule has 0 spiro atoms. The van der Waals surface area contributed by atoms with E-state index >= 15 is 0 Å². The van der Waals surface area contributed by atoms with Crippen LogP contribution in [0.5, 0.6) is 0 Å². The minimum absolute atomic E-state index is 0. The number of quaternary nitrogens is 1. The molecule has 3 N–H and O–H groups in total. The smallest absolute Gasteiger partial charge is 1.00 e. The van der Waals surface area contributed by atoms with E-state index in [0.29, 0.717) is 0 Å². The summed E-state index contributed by atoms with van der Waals surface area (Å²) >= 11 is 0. The SMILES string of the molecule is CC[N+](CC)(CC)CC.O=P(O)(O)O.[H-].[Li+]. The van der Waals surface area contributed by atoms with Crippen LogP contribution >= 0.6 is 7.82 Å². The Bertz CT molecular complexity index is 161. The van der Waals surface area contributed by atoms with Gasteiger partial charge in [0, 0.05) is 0 Å². The van der Waals surface area contributed by atoms with E-state index in [1.54, 1.807) is 0 Å². The standard InChI is InChI=1S/C8H20N.Li.H3O4P.H/c1-5-9(6-2,7-3)8-4;;1-5(2,3)4;/h5-8H2,1-4H3;;(H3,1,2,3,4);/q2*+1;;-1. The van der Waals surface area contributed by atoms with E-state index < -0.39 is 7.82 Å². The predicted molar refractivity (Wildman–Crippen MR) is 57.8 cm³/mol. The zero-order valence-corrected chi connectivity index (χ0v) is 11.4. The van der Waals surface area contributed by atoms with Gasteiger partial charge in [0.1, 0.15) is 0 Å². The molecular formula is C8H24LiNO4P+. The molecule has 0 unspecified atom stereocenters. The maximum absolute atomic E-state index is 8.88. The first-order valence-electron chi connectivity index (χ1n) is 4.88. The molecule has 90 valence electrons. The van der Waals surface area contributed by atoms with Crippen molar-refractivity contribution >= 4 is 7.82 Å². The minimum Gasteiger partial charge on any atom is -1.00 e. The fourth-order valence-corrected chi connectivity index (χ4v) is 1.34. The van der Waals surface area contributed by atoms with Crippen molar-refractivity contribution in [2.24, 2.45) is 0 Å². The number of rotatable bonds is 4. The van der Waals surface area contributed by atoms with Crippen LogP contribution in [0.25, 0.3) is 0 Å². The summed E-state index contributed by atoms with van der Waals surface area (Å²) in [6, 6.07) is 0. The van der Waals surface area contributed by atoms with E-state index in [4.69, 9.17) is 19.2 Å². The minimum atomic E-state index is -4.64. The zero-order valence-electron chi connectivity index (χ0n) is 11.5. The van der Waals surface area contributed by atoms with Crippen LogP contribution in [0.2, 0.25) is 0 Å². The normalized spacial score (nSPS) is 11.1. The Kier molecular flexibility index (Phi) is 13.8. The molecule has 5 nitrogen and oxygen atoms in total. The third-order valence-electron chi connectivity index (χ3n) is 2.68. The molecule has 0 bridgehead atoms. The third kappa shape index (κ3) is 14.7. The molecule has 0 fully saturated rings. The van der Waals surface area contributed by atoms with Crippen LogP contribution < -0.4 is 18.9 Å². The van der Waals surface area contributed by atoms with Gasteiger partial charge in [0.05, 0.1) is 26.2 Å². The van der Waals surface area contributed by atoms with Crippen molar-refractivity contribution in [3.05, 3.63) is 0 Å². The molecule has 0 rings (SSSR count). The molecule has 15 heavy (non-hydrogen) atoms. The van der Waals surface area contributed by atoms with E-state index in [1.807, 2.05) is 0 Å². The molecule has 0 heterocycles. The van der Waals surface area contributed by atoms with Gasteiger partial charge >= 0.3 is 26.7 Å².